The molecule has 0 saturated carbocycles. The van der Waals surface area contributed by atoms with Gasteiger partial charge in [-0.1, -0.05) is 0 Å². The van der Waals surface area contributed by atoms with E-state index in [1.54, 1.807) is 6.20 Å². The number of hydrogen-bond donors (Lipinski definition) is 1. The first-order valence-electron chi connectivity index (χ1n) is 6.92. The molecule has 1 N–H and O–H groups in total. The maximum absolute atomic E-state index is 12.4. The van der Waals surface area contributed by atoms with Crippen molar-refractivity contribution in [1.29, 1.82) is 0 Å². The zero-order chi connectivity index (χ0) is 14.0. The summed E-state index contributed by atoms with van der Waals surface area (Å²) in [5, 5.41) is 7.61. The SMILES string of the molecule is CN(C(=O)c1cnn(C(C)(C)C)c1)C1CCNCC1.Cl. The molecule has 0 unspecified atom stereocenters. The molecule has 1 aromatic heterocycles. The average Bonchev–Trinajstić information content (AvgIpc) is 2.87. The van der Waals surface area contributed by atoms with Crippen molar-refractivity contribution in [1.82, 2.24) is 20.0 Å². The van der Waals surface area contributed by atoms with E-state index in [0.29, 0.717) is 11.6 Å². The van der Waals surface area contributed by atoms with Gasteiger partial charge in [0.1, 0.15) is 0 Å². The Labute approximate surface area is 127 Å². The fourth-order valence-corrected chi connectivity index (χ4v) is 2.36. The largest absolute Gasteiger partial charge is 0.339 e. The van der Waals surface area contributed by atoms with Crippen LogP contribution in [-0.2, 0) is 5.54 Å². The highest BCUT2D eigenvalue weighted by molar-refractivity contribution is 5.93. The van der Waals surface area contributed by atoms with Gasteiger partial charge in [0.15, 0.2) is 0 Å². The summed E-state index contributed by atoms with van der Waals surface area (Å²) in [6.45, 7) is 8.20. The second-order valence-corrected chi connectivity index (χ2v) is 6.24. The van der Waals surface area contributed by atoms with Gasteiger partial charge in [-0.25, -0.2) is 0 Å². The van der Waals surface area contributed by atoms with E-state index >= 15 is 0 Å². The second kappa shape index (κ2) is 6.59. The van der Waals surface area contributed by atoms with Crippen LogP contribution in [0.2, 0.25) is 0 Å². The highest BCUT2D eigenvalue weighted by Gasteiger charge is 2.24. The Hall–Kier alpha value is -1.07. The van der Waals surface area contributed by atoms with Gasteiger partial charge in [-0.3, -0.25) is 9.48 Å². The van der Waals surface area contributed by atoms with Crippen LogP contribution in [0.15, 0.2) is 12.4 Å². The molecule has 0 atom stereocenters. The normalized spacial score (nSPS) is 16.6. The third-order valence-electron chi connectivity index (χ3n) is 3.69. The molecule has 1 aliphatic rings. The maximum Gasteiger partial charge on any atom is 0.257 e. The van der Waals surface area contributed by atoms with E-state index in [0.717, 1.165) is 25.9 Å². The van der Waals surface area contributed by atoms with Crippen molar-refractivity contribution in [3.63, 3.8) is 0 Å². The minimum Gasteiger partial charge on any atom is -0.339 e. The number of amides is 1. The molecule has 0 aliphatic carbocycles. The van der Waals surface area contributed by atoms with Gasteiger partial charge in [-0.2, -0.15) is 5.10 Å². The van der Waals surface area contributed by atoms with Crippen molar-refractivity contribution in [3.05, 3.63) is 18.0 Å². The first kappa shape index (κ1) is 17.0. The quantitative estimate of drug-likeness (QED) is 0.907. The van der Waals surface area contributed by atoms with Gasteiger partial charge in [0, 0.05) is 19.3 Å². The summed E-state index contributed by atoms with van der Waals surface area (Å²) < 4.78 is 1.84. The zero-order valence-corrected chi connectivity index (χ0v) is 13.5. The van der Waals surface area contributed by atoms with Gasteiger partial charge in [-0.05, 0) is 46.7 Å². The van der Waals surface area contributed by atoms with Crippen LogP contribution in [0.25, 0.3) is 0 Å². The van der Waals surface area contributed by atoms with Crippen LogP contribution in [0.5, 0.6) is 0 Å². The van der Waals surface area contributed by atoms with Crippen molar-refractivity contribution < 1.29 is 4.79 Å². The van der Waals surface area contributed by atoms with E-state index in [2.05, 4.69) is 31.2 Å². The lowest BCUT2D eigenvalue weighted by molar-refractivity contribution is 0.0703. The van der Waals surface area contributed by atoms with Crippen molar-refractivity contribution >= 4 is 18.3 Å². The molecule has 0 radical (unpaired) electrons. The van der Waals surface area contributed by atoms with Gasteiger partial charge in [0.05, 0.1) is 17.3 Å². The first-order valence-corrected chi connectivity index (χ1v) is 6.92. The standard InChI is InChI=1S/C14H24N4O.ClH/c1-14(2,3)18-10-11(9-16-18)13(19)17(4)12-5-7-15-8-6-12;/h9-10,12,15H,5-8H2,1-4H3;1H. The molecule has 20 heavy (non-hydrogen) atoms. The van der Waals surface area contributed by atoms with Gasteiger partial charge >= 0.3 is 0 Å². The molecular weight excluding hydrogens is 276 g/mol. The average molecular weight is 301 g/mol. The fourth-order valence-electron chi connectivity index (χ4n) is 2.36. The Bertz CT molecular complexity index is 446. The number of carbonyl (C=O) groups is 1. The zero-order valence-electron chi connectivity index (χ0n) is 12.7. The predicted octanol–water partition coefficient (Wildman–Crippen LogP) is 1.88. The van der Waals surface area contributed by atoms with E-state index in [1.807, 2.05) is 22.8 Å². The molecule has 1 fully saturated rings. The highest BCUT2D eigenvalue weighted by Crippen LogP contribution is 2.16. The molecule has 1 aliphatic heterocycles. The van der Waals surface area contributed by atoms with Crippen LogP contribution in [0.3, 0.4) is 0 Å². The monoisotopic (exact) mass is 300 g/mol. The summed E-state index contributed by atoms with van der Waals surface area (Å²) in [7, 11) is 1.90. The van der Waals surface area contributed by atoms with Crippen LogP contribution in [0, 0.1) is 0 Å². The predicted molar refractivity (Wildman–Crippen MR) is 82.5 cm³/mol. The van der Waals surface area contributed by atoms with Crippen LogP contribution in [0.1, 0.15) is 44.0 Å². The molecular formula is C14H25ClN4O. The van der Waals surface area contributed by atoms with E-state index in [1.165, 1.54) is 0 Å². The molecule has 1 aromatic rings. The molecule has 114 valence electrons. The van der Waals surface area contributed by atoms with E-state index in [-0.39, 0.29) is 23.9 Å². The summed E-state index contributed by atoms with van der Waals surface area (Å²) in [4.78, 5) is 14.3. The van der Waals surface area contributed by atoms with Crippen molar-refractivity contribution in [2.45, 2.75) is 45.2 Å². The van der Waals surface area contributed by atoms with Gasteiger partial charge < -0.3 is 10.2 Å². The maximum atomic E-state index is 12.4. The number of rotatable bonds is 2. The summed E-state index contributed by atoms with van der Waals surface area (Å²) in [6.07, 6.45) is 5.57. The molecule has 0 aromatic carbocycles. The number of hydrogen-bond acceptors (Lipinski definition) is 3. The van der Waals surface area contributed by atoms with Crippen LogP contribution < -0.4 is 5.32 Å². The molecule has 2 rings (SSSR count). The summed E-state index contributed by atoms with van der Waals surface area (Å²) in [5.41, 5.74) is 0.585. The number of carbonyl (C=O) groups excluding carboxylic acids is 1. The molecule has 5 nitrogen and oxygen atoms in total. The summed E-state index contributed by atoms with van der Waals surface area (Å²) >= 11 is 0. The Balaban J connectivity index is 0.00000200. The Morgan fingerprint density at radius 3 is 2.50 bits per heavy atom. The van der Waals surface area contributed by atoms with Crippen LogP contribution in [0.4, 0.5) is 0 Å². The van der Waals surface area contributed by atoms with E-state index in [4.69, 9.17) is 0 Å². The third kappa shape index (κ3) is 3.73. The Morgan fingerprint density at radius 2 is 2.00 bits per heavy atom. The van der Waals surface area contributed by atoms with Crippen molar-refractivity contribution in [2.24, 2.45) is 0 Å². The Kier molecular flexibility index (Phi) is 5.59. The minimum absolute atomic E-state index is 0. The van der Waals surface area contributed by atoms with Gasteiger partial charge in [0.2, 0.25) is 0 Å². The van der Waals surface area contributed by atoms with E-state index in [9.17, 15) is 4.79 Å². The summed E-state index contributed by atoms with van der Waals surface area (Å²) in [5.74, 6) is 0.0717. The number of aromatic nitrogens is 2. The molecule has 6 heteroatoms. The first-order chi connectivity index (χ1) is 8.89. The fraction of sp³-hybridized carbons (Fsp3) is 0.714. The number of halogens is 1. The molecule has 1 saturated heterocycles. The molecule has 0 bridgehead atoms. The molecule has 1 amide bonds. The van der Waals surface area contributed by atoms with Crippen LogP contribution >= 0.6 is 12.4 Å². The number of piperidine rings is 1. The lowest BCUT2D eigenvalue weighted by Gasteiger charge is -2.31. The molecule has 2 heterocycles. The van der Waals surface area contributed by atoms with Gasteiger partial charge in [0.25, 0.3) is 5.91 Å². The number of nitrogens with one attached hydrogen (secondary N) is 1. The van der Waals surface area contributed by atoms with Crippen LogP contribution in [-0.4, -0.2) is 46.8 Å². The smallest absolute Gasteiger partial charge is 0.257 e. The van der Waals surface area contributed by atoms with Crippen molar-refractivity contribution in [2.75, 3.05) is 20.1 Å². The Morgan fingerprint density at radius 1 is 1.40 bits per heavy atom. The van der Waals surface area contributed by atoms with Crippen molar-refractivity contribution in [3.8, 4) is 0 Å². The summed E-state index contributed by atoms with van der Waals surface area (Å²) in [6, 6.07) is 0.340. The lowest BCUT2D eigenvalue weighted by Crippen LogP contribution is -2.43. The van der Waals surface area contributed by atoms with E-state index < -0.39 is 0 Å². The minimum atomic E-state index is -0.0914. The number of nitrogens with zero attached hydrogens (tertiary/aromatic N) is 3. The molecule has 0 spiro atoms. The lowest BCUT2D eigenvalue weighted by atomic mass is 10.0. The third-order valence-corrected chi connectivity index (χ3v) is 3.69. The highest BCUT2D eigenvalue weighted by atomic mass is 35.5. The second-order valence-electron chi connectivity index (χ2n) is 6.24. The topological polar surface area (TPSA) is 50.2 Å². The van der Waals surface area contributed by atoms with Gasteiger partial charge in [-0.15, -0.1) is 12.4 Å².